The molecule has 0 aliphatic heterocycles. The van der Waals surface area contributed by atoms with Crippen LogP contribution in [0, 0.1) is 5.82 Å². The summed E-state index contributed by atoms with van der Waals surface area (Å²) >= 11 is 0. The number of hydrogen-bond acceptors (Lipinski definition) is 3. The fraction of sp³-hybridized carbons (Fsp3) is 0.0870. The van der Waals surface area contributed by atoms with Crippen molar-refractivity contribution in [2.75, 3.05) is 7.05 Å². The van der Waals surface area contributed by atoms with E-state index >= 15 is 0 Å². The van der Waals surface area contributed by atoms with Crippen molar-refractivity contribution in [1.29, 1.82) is 0 Å². The molecule has 0 amide bonds. The van der Waals surface area contributed by atoms with Crippen LogP contribution in [0.3, 0.4) is 0 Å². The number of aromatic nitrogens is 2. The highest BCUT2D eigenvalue weighted by Crippen LogP contribution is 2.31. The normalized spacial score (nSPS) is 12.6. The summed E-state index contributed by atoms with van der Waals surface area (Å²) in [7, 11) is -2.34. The van der Waals surface area contributed by atoms with Crippen molar-refractivity contribution in [2.45, 2.75) is 11.1 Å². The molecule has 0 bridgehead atoms. The fourth-order valence-corrected chi connectivity index (χ4v) is 4.28. The van der Waals surface area contributed by atoms with Gasteiger partial charge in [0, 0.05) is 11.1 Å². The minimum absolute atomic E-state index is 0.0182. The van der Waals surface area contributed by atoms with Gasteiger partial charge < -0.3 is 4.98 Å². The third-order valence-corrected chi connectivity index (χ3v) is 6.48. The van der Waals surface area contributed by atoms with Crippen molar-refractivity contribution in [1.82, 2.24) is 14.7 Å². The first-order valence-electron chi connectivity index (χ1n) is 9.66. The zero-order valence-corrected chi connectivity index (χ0v) is 17.9. The zero-order chi connectivity index (χ0) is 23.8. The summed E-state index contributed by atoms with van der Waals surface area (Å²) in [5.41, 5.74) is 1.25. The van der Waals surface area contributed by atoms with E-state index in [2.05, 4.69) is 14.7 Å². The molecular formula is C23H17F4N3O2S. The lowest BCUT2D eigenvalue weighted by atomic mass is 10.1. The van der Waals surface area contributed by atoms with Crippen LogP contribution >= 0.6 is 0 Å². The predicted octanol–water partition coefficient (Wildman–Crippen LogP) is 5.47. The van der Waals surface area contributed by atoms with Crippen molar-refractivity contribution in [3.05, 3.63) is 83.4 Å². The quantitative estimate of drug-likeness (QED) is 0.376. The maximum Gasteiger partial charge on any atom is 0.416 e. The molecule has 5 nitrogen and oxygen atoms in total. The maximum atomic E-state index is 14.1. The minimum Gasteiger partial charge on any atom is -0.338 e. The molecule has 0 saturated carbocycles. The molecule has 1 heterocycles. The van der Waals surface area contributed by atoms with Gasteiger partial charge in [0.15, 0.2) is 0 Å². The van der Waals surface area contributed by atoms with E-state index in [1.54, 1.807) is 36.4 Å². The Balaban J connectivity index is 1.67. The Bertz CT molecular complexity index is 1470. The molecule has 0 atom stereocenters. The van der Waals surface area contributed by atoms with Crippen molar-refractivity contribution >= 4 is 33.2 Å². The molecule has 4 aromatic rings. The monoisotopic (exact) mass is 475 g/mol. The molecule has 0 radical (unpaired) electrons. The van der Waals surface area contributed by atoms with Crippen molar-refractivity contribution in [3.8, 4) is 11.1 Å². The maximum absolute atomic E-state index is 14.1. The SMILES string of the molecule is CNS(=O)(=O)c1ccccc1-c1ccc2[nH]c(/C=C/c3ccc(C(F)(F)F)cc3F)nc2c1. The number of H-pyrrole nitrogens is 1. The molecule has 4 rings (SSSR count). The number of hydrogen-bond donors (Lipinski definition) is 2. The summed E-state index contributed by atoms with van der Waals surface area (Å²) in [6.07, 6.45) is -1.85. The average Bonchev–Trinajstić information content (AvgIpc) is 3.19. The van der Waals surface area contributed by atoms with Gasteiger partial charge in [0.25, 0.3) is 0 Å². The minimum atomic E-state index is -4.62. The highest BCUT2D eigenvalue weighted by atomic mass is 32.2. The third-order valence-electron chi connectivity index (χ3n) is 5.01. The smallest absolute Gasteiger partial charge is 0.338 e. The first kappa shape index (κ1) is 22.7. The van der Waals surface area contributed by atoms with Crippen LogP contribution in [0.25, 0.3) is 34.3 Å². The molecule has 0 aliphatic rings. The van der Waals surface area contributed by atoms with Gasteiger partial charge in [0.05, 0.1) is 21.5 Å². The molecule has 0 saturated heterocycles. The second-order valence-electron chi connectivity index (χ2n) is 7.13. The van der Waals surface area contributed by atoms with Gasteiger partial charge in [-0.15, -0.1) is 0 Å². The van der Waals surface area contributed by atoms with Gasteiger partial charge in [-0.2, -0.15) is 13.2 Å². The summed E-state index contributed by atoms with van der Waals surface area (Å²) in [6, 6.07) is 14.0. The van der Waals surface area contributed by atoms with Crippen LogP contribution in [0.5, 0.6) is 0 Å². The highest BCUT2D eigenvalue weighted by Gasteiger charge is 2.31. The fourth-order valence-electron chi connectivity index (χ4n) is 3.33. The molecule has 33 heavy (non-hydrogen) atoms. The molecule has 0 aliphatic carbocycles. The molecule has 10 heteroatoms. The van der Waals surface area contributed by atoms with E-state index in [1.165, 1.54) is 25.3 Å². The van der Waals surface area contributed by atoms with E-state index in [4.69, 9.17) is 0 Å². The molecular weight excluding hydrogens is 458 g/mol. The van der Waals surface area contributed by atoms with Crippen LogP contribution in [0.4, 0.5) is 17.6 Å². The number of nitrogens with one attached hydrogen (secondary N) is 2. The molecule has 0 unspecified atom stereocenters. The molecule has 0 fully saturated rings. The topological polar surface area (TPSA) is 74.8 Å². The number of benzene rings is 3. The van der Waals surface area contributed by atoms with Gasteiger partial charge in [-0.1, -0.05) is 30.3 Å². The Morgan fingerprint density at radius 3 is 2.45 bits per heavy atom. The van der Waals surface area contributed by atoms with Gasteiger partial charge >= 0.3 is 6.18 Å². The largest absolute Gasteiger partial charge is 0.416 e. The van der Waals surface area contributed by atoms with E-state index in [0.717, 1.165) is 12.1 Å². The molecule has 0 spiro atoms. The first-order chi connectivity index (χ1) is 15.6. The summed E-state index contributed by atoms with van der Waals surface area (Å²) < 4.78 is 79.2. The Morgan fingerprint density at radius 2 is 1.76 bits per heavy atom. The van der Waals surface area contributed by atoms with Gasteiger partial charge in [-0.05, 0) is 55.1 Å². The number of aromatic amines is 1. The molecule has 2 N–H and O–H groups in total. The standard InChI is InChI=1S/C23H17F4N3O2S/c1-28-33(31,32)21-5-3-2-4-17(21)15-7-10-19-20(12-15)30-22(29-19)11-8-14-6-9-16(13-18(14)24)23(25,26)27/h2-13,28H,1H3,(H,29,30)/b11-8+. The van der Waals surface area contributed by atoms with Crippen LogP contribution < -0.4 is 4.72 Å². The van der Waals surface area contributed by atoms with Crippen LogP contribution in [0.1, 0.15) is 17.0 Å². The Labute approximate surface area is 186 Å². The number of fused-ring (bicyclic) bond motifs is 1. The molecule has 1 aromatic heterocycles. The number of rotatable bonds is 5. The van der Waals surface area contributed by atoms with Crippen LogP contribution in [-0.4, -0.2) is 25.4 Å². The Kier molecular flexibility index (Phi) is 5.81. The lowest BCUT2D eigenvalue weighted by molar-refractivity contribution is -0.137. The van der Waals surface area contributed by atoms with Crippen LogP contribution in [0.15, 0.2) is 65.6 Å². The van der Waals surface area contributed by atoms with Gasteiger partial charge in [-0.25, -0.2) is 22.5 Å². The second-order valence-corrected chi connectivity index (χ2v) is 8.98. The lowest BCUT2D eigenvalue weighted by Crippen LogP contribution is -2.19. The Hall–Kier alpha value is -3.50. The summed E-state index contributed by atoms with van der Waals surface area (Å²) in [5, 5.41) is 0. The summed E-state index contributed by atoms with van der Waals surface area (Å²) in [5.74, 6) is -0.639. The van der Waals surface area contributed by atoms with E-state index in [-0.39, 0.29) is 10.5 Å². The summed E-state index contributed by atoms with van der Waals surface area (Å²) in [6.45, 7) is 0. The second kappa shape index (κ2) is 8.45. The van der Waals surface area contributed by atoms with E-state index in [9.17, 15) is 26.0 Å². The van der Waals surface area contributed by atoms with Crippen molar-refractivity contribution in [2.24, 2.45) is 0 Å². The highest BCUT2D eigenvalue weighted by molar-refractivity contribution is 7.89. The van der Waals surface area contributed by atoms with Crippen molar-refractivity contribution in [3.63, 3.8) is 0 Å². The predicted molar refractivity (Wildman–Crippen MR) is 118 cm³/mol. The molecule has 170 valence electrons. The lowest BCUT2D eigenvalue weighted by Gasteiger charge is -2.09. The number of sulfonamides is 1. The van der Waals surface area contributed by atoms with Crippen LogP contribution in [0.2, 0.25) is 0 Å². The Morgan fingerprint density at radius 1 is 1.00 bits per heavy atom. The van der Waals surface area contributed by atoms with Crippen LogP contribution in [-0.2, 0) is 16.2 Å². The van der Waals surface area contributed by atoms with Gasteiger partial charge in [-0.3, -0.25) is 0 Å². The number of halogens is 4. The van der Waals surface area contributed by atoms with E-state index in [1.807, 2.05) is 0 Å². The molecule has 3 aromatic carbocycles. The first-order valence-corrected chi connectivity index (χ1v) is 11.1. The zero-order valence-electron chi connectivity index (χ0n) is 17.1. The number of nitrogens with zero attached hydrogens (tertiary/aromatic N) is 1. The van der Waals surface area contributed by atoms with E-state index in [0.29, 0.717) is 34.1 Å². The number of imidazole rings is 1. The number of alkyl halides is 3. The summed E-state index contributed by atoms with van der Waals surface area (Å²) in [4.78, 5) is 7.55. The van der Waals surface area contributed by atoms with Gasteiger partial charge in [0.2, 0.25) is 10.0 Å². The van der Waals surface area contributed by atoms with Crippen molar-refractivity contribution < 1.29 is 26.0 Å². The van der Waals surface area contributed by atoms with Gasteiger partial charge in [0.1, 0.15) is 11.6 Å². The third kappa shape index (κ3) is 4.67. The van der Waals surface area contributed by atoms with E-state index < -0.39 is 27.6 Å². The average molecular weight is 475 g/mol.